The second-order valence-electron chi connectivity index (χ2n) is 6.56. The van der Waals surface area contributed by atoms with Crippen LogP contribution >= 0.6 is 22.9 Å². The molecule has 2 aromatic carbocycles. The number of carbonyl (C=O) groups is 1. The van der Waals surface area contributed by atoms with Crippen LogP contribution in [0.1, 0.15) is 26.5 Å². The van der Waals surface area contributed by atoms with Crippen LogP contribution in [0.25, 0.3) is 10.9 Å². The van der Waals surface area contributed by atoms with Gasteiger partial charge in [0.25, 0.3) is 5.91 Å². The molecule has 0 radical (unpaired) electrons. The minimum absolute atomic E-state index is 0.213. The molecule has 0 atom stereocenters. The van der Waals surface area contributed by atoms with Crippen LogP contribution in [0.4, 0.5) is 19.0 Å². The summed E-state index contributed by atoms with van der Waals surface area (Å²) >= 11 is 7.57. The highest BCUT2D eigenvalue weighted by atomic mass is 35.5. The second-order valence-corrected chi connectivity index (χ2v) is 7.82. The summed E-state index contributed by atoms with van der Waals surface area (Å²) in [6.45, 7) is 1.95. The molecule has 0 unspecified atom stereocenters. The molecule has 2 heterocycles. The van der Waals surface area contributed by atoms with Crippen molar-refractivity contribution in [2.45, 2.75) is 19.6 Å². The summed E-state index contributed by atoms with van der Waals surface area (Å²) in [4.78, 5) is 17.1. The number of thiazole rings is 1. The number of aromatic nitrogens is 3. The summed E-state index contributed by atoms with van der Waals surface area (Å²) < 4.78 is 40.0. The smallest absolute Gasteiger partial charge is 0.304 e. The van der Waals surface area contributed by atoms with Crippen LogP contribution < -0.4 is 5.32 Å². The molecule has 0 aliphatic heterocycles. The first kappa shape index (κ1) is 20.4. The predicted molar refractivity (Wildman–Crippen MR) is 110 cm³/mol. The number of halogens is 4. The monoisotopic (exact) mass is 450 g/mol. The average molecular weight is 451 g/mol. The van der Waals surface area contributed by atoms with E-state index in [1.54, 1.807) is 35.3 Å². The SMILES string of the molecule is Cc1ncsc1C(=O)Nc1nn(Cc2ccc(C(F)(F)F)cc2)c2cccc(Cl)c12. The molecule has 154 valence electrons. The summed E-state index contributed by atoms with van der Waals surface area (Å²) in [6, 6.07) is 10.1. The zero-order chi connectivity index (χ0) is 21.5. The predicted octanol–water partition coefficient (Wildman–Crippen LogP) is 5.77. The molecule has 4 rings (SSSR count). The van der Waals surface area contributed by atoms with E-state index in [9.17, 15) is 18.0 Å². The van der Waals surface area contributed by atoms with Crippen molar-refractivity contribution in [1.29, 1.82) is 0 Å². The number of rotatable bonds is 4. The molecule has 1 amide bonds. The van der Waals surface area contributed by atoms with E-state index in [1.807, 2.05) is 0 Å². The van der Waals surface area contributed by atoms with E-state index in [0.717, 1.165) is 12.1 Å². The van der Waals surface area contributed by atoms with Crippen LogP contribution in [0.2, 0.25) is 5.02 Å². The van der Waals surface area contributed by atoms with Gasteiger partial charge in [0.2, 0.25) is 0 Å². The van der Waals surface area contributed by atoms with Gasteiger partial charge >= 0.3 is 6.18 Å². The molecular formula is C20H14ClF3N4OS. The topological polar surface area (TPSA) is 59.8 Å². The highest BCUT2D eigenvalue weighted by Crippen LogP contribution is 2.32. The second kappa shape index (κ2) is 7.73. The lowest BCUT2D eigenvalue weighted by Gasteiger charge is -2.08. The molecule has 1 N–H and O–H groups in total. The van der Waals surface area contributed by atoms with Crippen LogP contribution in [0.15, 0.2) is 48.0 Å². The number of nitrogens with one attached hydrogen (secondary N) is 1. The Morgan fingerprint density at radius 1 is 1.20 bits per heavy atom. The first-order chi connectivity index (χ1) is 14.2. The molecule has 0 fully saturated rings. The number of aryl methyl sites for hydroxylation is 1. The Morgan fingerprint density at radius 3 is 2.57 bits per heavy atom. The lowest BCUT2D eigenvalue weighted by Crippen LogP contribution is -2.13. The number of hydrogen-bond acceptors (Lipinski definition) is 4. The van der Waals surface area contributed by atoms with Crippen molar-refractivity contribution in [2.24, 2.45) is 0 Å². The third-order valence-electron chi connectivity index (χ3n) is 4.52. The number of hydrogen-bond donors (Lipinski definition) is 1. The van der Waals surface area contributed by atoms with Gasteiger partial charge in [0.15, 0.2) is 5.82 Å². The Bertz CT molecular complexity index is 1230. The van der Waals surface area contributed by atoms with Gasteiger partial charge in [0, 0.05) is 0 Å². The largest absolute Gasteiger partial charge is 0.416 e. The van der Waals surface area contributed by atoms with Gasteiger partial charge in [-0.05, 0) is 36.8 Å². The number of alkyl halides is 3. The zero-order valence-corrected chi connectivity index (χ0v) is 17.1. The fourth-order valence-corrected chi connectivity index (χ4v) is 4.01. The van der Waals surface area contributed by atoms with Gasteiger partial charge in [-0.1, -0.05) is 29.8 Å². The van der Waals surface area contributed by atoms with Crippen LogP contribution in [0.3, 0.4) is 0 Å². The third kappa shape index (κ3) is 3.90. The van der Waals surface area contributed by atoms with Crippen molar-refractivity contribution in [3.8, 4) is 0 Å². The van der Waals surface area contributed by atoms with E-state index in [1.165, 1.54) is 23.5 Å². The molecule has 0 saturated carbocycles. The maximum Gasteiger partial charge on any atom is 0.416 e. The Balaban J connectivity index is 1.68. The van der Waals surface area contributed by atoms with E-state index in [-0.39, 0.29) is 18.3 Å². The van der Waals surface area contributed by atoms with Gasteiger partial charge in [-0.2, -0.15) is 18.3 Å². The first-order valence-corrected chi connectivity index (χ1v) is 10.0. The molecule has 0 spiro atoms. The molecule has 4 aromatic rings. The molecular weight excluding hydrogens is 437 g/mol. The van der Waals surface area contributed by atoms with Gasteiger partial charge in [-0.25, -0.2) is 4.98 Å². The minimum atomic E-state index is -4.39. The van der Waals surface area contributed by atoms with Crippen molar-refractivity contribution in [1.82, 2.24) is 14.8 Å². The van der Waals surface area contributed by atoms with Crippen LogP contribution in [0, 0.1) is 6.92 Å². The molecule has 0 saturated heterocycles. The zero-order valence-electron chi connectivity index (χ0n) is 15.5. The minimum Gasteiger partial charge on any atom is -0.304 e. The average Bonchev–Trinajstić information content (AvgIpc) is 3.26. The first-order valence-electron chi connectivity index (χ1n) is 8.76. The standard InChI is InChI=1S/C20H14ClF3N4OS/c1-11-17(30-10-25-11)19(29)26-18-16-14(21)3-2-4-15(16)28(27-18)9-12-5-7-13(8-6-12)20(22,23)24/h2-8,10H,9H2,1H3,(H,26,27,29). The Kier molecular flexibility index (Phi) is 5.25. The maximum absolute atomic E-state index is 12.8. The highest BCUT2D eigenvalue weighted by molar-refractivity contribution is 7.12. The maximum atomic E-state index is 12.8. The summed E-state index contributed by atoms with van der Waals surface area (Å²) in [5.74, 6) is -0.0729. The number of carbonyl (C=O) groups excluding carboxylic acids is 1. The normalized spacial score (nSPS) is 11.8. The van der Waals surface area contributed by atoms with Crippen molar-refractivity contribution in [3.05, 3.63) is 74.7 Å². The fourth-order valence-electron chi connectivity index (χ4n) is 3.05. The van der Waals surface area contributed by atoms with E-state index >= 15 is 0 Å². The Morgan fingerprint density at radius 2 is 1.93 bits per heavy atom. The Hall–Kier alpha value is -2.91. The molecule has 30 heavy (non-hydrogen) atoms. The van der Waals surface area contributed by atoms with Crippen molar-refractivity contribution >= 4 is 45.6 Å². The van der Waals surface area contributed by atoms with Gasteiger partial charge in [-0.3, -0.25) is 9.48 Å². The van der Waals surface area contributed by atoms with E-state index < -0.39 is 11.7 Å². The van der Waals surface area contributed by atoms with Gasteiger partial charge in [0.05, 0.1) is 39.2 Å². The summed E-state index contributed by atoms with van der Waals surface area (Å²) in [5.41, 5.74) is 2.75. The number of anilines is 1. The lowest BCUT2D eigenvalue weighted by molar-refractivity contribution is -0.137. The van der Waals surface area contributed by atoms with E-state index in [4.69, 9.17) is 11.6 Å². The van der Waals surface area contributed by atoms with Crippen LogP contribution in [-0.2, 0) is 12.7 Å². The summed E-state index contributed by atoms with van der Waals surface area (Å²) in [7, 11) is 0. The van der Waals surface area contributed by atoms with E-state index in [0.29, 0.717) is 32.1 Å². The van der Waals surface area contributed by atoms with Crippen LogP contribution in [-0.4, -0.2) is 20.7 Å². The molecule has 0 aliphatic rings. The quantitative estimate of drug-likeness (QED) is 0.429. The van der Waals surface area contributed by atoms with Crippen molar-refractivity contribution in [3.63, 3.8) is 0 Å². The number of benzene rings is 2. The third-order valence-corrected chi connectivity index (χ3v) is 5.77. The van der Waals surface area contributed by atoms with E-state index in [2.05, 4.69) is 15.4 Å². The fraction of sp³-hybridized carbons (Fsp3) is 0.150. The van der Waals surface area contributed by atoms with Crippen LogP contribution in [0.5, 0.6) is 0 Å². The summed E-state index contributed by atoms with van der Waals surface area (Å²) in [5, 5.41) is 8.19. The van der Waals surface area contributed by atoms with Crippen molar-refractivity contribution < 1.29 is 18.0 Å². The van der Waals surface area contributed by atoms with Gasteiger partial charge in [-0.15, -0.1) is 11.3 Å². The molecule has 2 aromatic heterocycles. The lowest BCUT2D eigenvalue weighted by atomic mass is 10.1. The molecule has 10 heteroatoms. The Labute approximate surface area is 178 Å². The number of amides is 1. The number of nitrogens with zero attached hydrogens (tertiary/aromatic N) is 3. The molecule has 0 aliphatic carbocycles. The molecule has 0 bridgehead atoms. The van der Waals surface area contributed by atoms with Gasteiger partial charge < -0.3 is 5.32 Å². The highest BCUT2D eigenvalue weighted by Gasteiger charge is 2.30. The number of fused-ring (bicyclic) bond motifs is 1. The van der Waals surface area contributed by atoms with Crippen molar-refractivity contribution in [2.75, 3.05) is 5.32 Å². The van der Waals surface area contributed by atoms with Gasteiger partial charge in [0.1, 0.15) is 4.88 Å². The summed E-state index contributed by atoms with van der Waals surface area (Å²) in [6.07, 6.45) is -4.39. The molecule has 5 nitrogen and oxygen atoms in total.